The van der Waals surface area contributed by atoms with Crippen molar-refractivity contribution in [3.05, 3.63) is 51.9 Å². The summed E-state index contributed by atoms with van der Waals surface area (Å²) in [5.41, 5.74) is 2.62. The number of nitrogens with one attached hydrogen (secondary N) is 2. The molecule has 0 unspecified atom stereocenters. The molecule has 1 aliphatic carbocycles. The van der Waals surface area contributed by atoms with Gasteiger partial charge < -0.3 is 15.2 Å². The summed E-state index contributed by atoms with van der Waals surface area (Å²) in [6.45, 7) is 3.34. The van der Waals surface area contributed by atoms with E-state index < -0.39 is 0 Å². The molecule has 0 radical (unpaired) electrons. The van der Waals surface area contributed by atoms with E-state index in [1.165, 1.54) is 0 Å². The third-order valence-corrected chi connectivity index (χ3v) is 6.25. The molecule has 0 saturated carbocycles. The lowest BCUT2D eigenvalue weighted by molar-refractivity contribution is -0.134. The van der Waals surface area contributed by atoms with Gasteiger partial charge in [0.2, 0.25) is 5.91 Å². The van der Waals surface area contributed by atoms with Crippen molar-refractivity contribution in [2.45, 2.75) is 44.1 Å². The second-order valence-electron chi connectivity index (χ2n) is 7.72. The maximum absolute atomic E-state index is 12.7. The Bertz CT molecular complexity index is 898. The molecule has 6 nitrogen and oxygen atoms in total. The summed E-state index contributed by atoms with van der Waals surface area (Å²) >= 11 is 0. The van der Waals surface area contributed by atoms with E-state index in [1.54, 1.807) is 0 Å². The van der Waals surface area contributed by atoms with E-state index in [1.807, 2.05) is 49.2 Å². The topological polar surface area (TPSA) is 78.1 Å². The first-order chi connectivity index (χ1) is 13.0. The molecule has 2 N–H and O–H groups in total. The SMILES string of the molecule is CN[C@@H](C)C(=O)N1CCC2(CCc3c2nc(-c2ccccc2)[nH]c3=O)CC1. The maximum atomic E-state index is 12.7. The molecule has 1 aromatic carbocycles. The Balaban J connectivity index is 1.63. The number of H-pyrrole nitrogens is 1. The number of likely N-dealkylation sites (tertiary alicyclic amines) is 1. The van der Waals surface area contributed by atoms with Crippen LogP contribution in [-0.4, -0.2) is 47.0 Å². The second kappa shape index (κ2) is 6.93. The molecule has 2 heterocycles. The quantitative estimate of drug-likeness (QED) is 0.869. The molecule has 6 heteroatoms. The van der Waals surface area contributed by atoms with E-state index in [-0.39, 0.29) is 22.9 Å². The van der Waals surface area contributed by atoms with Gasteiger partial charge in [-0.05, 0) is 39.7 Å². The van der Waals surface area contributed by atoms with Gasteiger partial charge in [0.25, 0.3) is 5.56 Å². The molecule has 4 rings (SSSR count). The maximum Gasteiger partial charge on any atom is 0.254 e. The van der Waals surface area contributed by atoms with Gasteiger partial charge in [0.15, 0.2) is 0 Å². The first-order valence-corrected chi connectivity index (χ1v) is 9.69. The lowest BCUT2D eigenvalue weighted by atomic mass is 9.76. The van der Waals surface area contributed by atoms with Crippen LogP contribution < -0.4 is 10.9 Å². The largest absolute Gasteiger partial charge is 0.341 e. The molecule has 1 aliphatic heterocycles. The Hall–Kier alpha value is -2.47. The number of aromatic amines is 1. The van der Waals surface area contributed by atoms with Crippen LogP contribution >= 0.6 is 0 Å². The fourth-order valence-corrected chi connectivity index (χ4v) is 4.42. The number of nitrogens with zero attached hydrogens (tertiary/aromatic N) is 2. The molecule has 1 saturated heterocycles. The summed E-state index contributed by atoms with van der Waals surface area (Å²) in [4.78, 5) is 34.9. The van der Waals surface area contributed by atoms with Crippen LogP contribution in [0.3, 0.4) is 0 Å². The molecule has 142 valence electrons. The zero-order valence-corrected chi connectivity index (χ0v) is 15.9. The number of piperidine rings is 1. The van der Waals surface area contributed by atoms with E-state index in [4.69, 9.17) is 4.98 Å². The van der Waals surface area contributed by atoms with Gasteiger partial charge in [0.05, 0.1) is 11.7 Å². The molecule has 2 aromatic rings. The van der Waals surface area contributed by atoms with E-state index in [0.29, 0.717) is 5.82 Å². The fourth-order valence-electron chi connectivity index (χ4n) is 4.42. The number of likely N-dealkylation sites (N-methyl/N-ethyl adjacent to an activating group) is 1. The third-order valence-electron chi connectivity index (χ3n) is 6.25. The number of benzene rings is 1. The minimum absolute atomic E-state index is 0.0157. The highest BCUT2D eigenvalue weighted by molar-refractivity contribution is 5.81. The Morgan fingerprint density at radius 1 is 1.22 bits per heavy atom. The zero-order valence-electron chi connectivity index (χ0n) is 15.9. The third kappa shape index (κ3) is 3.08. The summed E-state index contributed by atoms with van der Waals surface area (Å²) in [6, 6.07) is 9.62. The molecular weight excluding hydrogens is 340 g/mol. The van der Waals surface area contributed by atoms with E-state index in [2.05, 4.69) is 10.3 Å². The van der Waals surface area contributed by atoms with Crippen molar-refractivity contribution in [2.24, 2.45) is 0 Å². The van der Waals surface area contributed by atoms with Crippen molar-refractivity contribution in [3.8, 4) is 11.4 Å². The van der Waals surface area contributed by atoms with Crippen LogP contribution in [0.1, 0.15) is 37.4 Å². The van der Waals surface area contributed by atoms with Crippen LogP contribution in [0.15, 0.2) is 35.1 Å². The van der Waals surface area contributed by atoms with Gasteiger partial charge in [0, 0.05) is 29.6 Å². The normalized spacial score (nSPS) is 19.1. The Morgan fingerprint density at radius 3 is 2.59 bits per heavy atom. The second-order valence-corrected chi connectivity index (χ2v) is 7.72. The van der Waals surface area contributed by atoms with Gasteiger partial charge in [-0.3, -0.25) is 9.59 Å². The number of fused-ring (bicyclic) bond motifs is 2. The highest BCUT2D eigenvalue weighted by Crippen LogP contribution is 2.44. The molecular formula is C21H26N4O2. The Kier molecular flexibility index (Phi) is 4.60. The van der Waals surface area contributed by atoms with Crippen LogP contribution in [0.5, 0.6) is 0 Å². The van der Waals surface area contributed by atoms with Gasteiger partial charge >= 0.3 is 0 Å². The monoisotopic (exact) mass is 366 g/mol. The van der Waals surface area contributed by atoms with Crippen LogP contribution in [0.4, 0.5) is 0 Å². The first-order valence-electron chi connectivity index (χ1n) is 9.69. The molecule has 1 amide bonds. The molecule has 1 aromatic heterocycles. The van der Waals surface area contributed by atoms with Crippen LogP contribution in [0.2, 0.25) is 0 Å². The average molecular weight is 366 g/mol. The lowest BCUT2D eigenvalue weighted by Crippen LogP contribution is -2.50. The lowest BCUT2D eigenvalue weighted by Gasteiger charge is -2.40. The summed E-state index contributed by atoms with van der Waals surface area (Å²) in [5.74, 6) is 0.789. The minimum atomic E-state index is -0.166. The van der Waals surface area contributed by atoms with Gasteiger partial charge in [0.1, 0.15) is 5.82 Å². The van der Waals surface area contributed by atoms with Crippen LogP contribution in [-0.2, 0) is 16.6 Å². The number of carbonyl (C=O) groups excluding carboxylic acids is 1. The van der Waals surface area contributed by atoms with Gasteiger partial charge in [-0.15, -0.1) is 0 Å². The van der Waals surface area contributed by atoms with Gasteiger partial charge in [-0.2, -0.15) is 0 Å². The van der Waals surface area contributed by atoms with E-state index >= 15 is 0 Å². The molecule has 27 heavy (non-hydrogen) atoms. The zero-order chi connectivity index (χ0) is 19.0. The van der Waals surface area contributed by atoms with Crippen molar-refractivity contribution in [3.63, 3.8) is 0 Å². The number of carbonyl (C=O) groups is 1. The fraction of sp³-hybridized carbons (Fsp3) is 0.476. The smallest absolute Gasteiger partial charge is 0.254 e. The Labute approximate surface area is 159 Å². The van der Waals surface area contributed by atoms with Crippen molar-refractivity contribution in [2.75, 3.05) is 20.1 Å². The molecule has 1 atom stereocenters. The summed E-state index contributed by atoms with van der Waals surface area (Å²) in [7, 11) is 1.81. The number of rotatable bonds is 3. The van der Waals surface area contributed by atoms with Crippen molar-refractivity contribution < 1.29 is 4.79 Å². The molecule has 1 fully saturated rings. The number of hydrogen-bond donors (Lipinski definition) is 2. The molecule has 1 spiro atoms. The highest BCUT2D eigenvalue weighted by atomic mass is 16.2. The number of aromatic nitrogens is 2. The predicted molar refractivity (Wildman–Crippen MR) is 105 cm³/mol. The van der Waals surface area contributed by atoms with Gasteiger partial charge in [-0.25, -0.2) is 4.98 Å². The summed E-state index contributed by atoms with van der Waals surface area (Å²) in [6.07, 6.45) is 3.45. The molecule has 0 bridgehead atoms. The molecule has 2 aliphatic rings. The first kappa shape index (κ1) is 17.9. The number of amides is 1. The van der Waals surface area contributed by atoms with E-state index in [0.717, 1.165) is 55.6 Å². The summed E-state index contributed by atoms with van der Waals surface area (Å²) < 4.78 is 0. The Morgan fingerprint density at radius 2 is 1.93 bits per heavy atom. The number of hydrogen-bond acceptors (Lipinski definition) is 4. The van der Waals surface area contributed by atoms with Crippen molar-refractivity contribution in [1.82, 2.24) is 20.2 Å². The summed E-state index contributed by atoms with van der Waals surface area (Å²) in [5, 5.41) is 3.02. The van der Waals surface area contributed by atoms with Crippen molar-refractivity contribution in [1.29, 1.82) is 0 Å². The van der Waals surface area contributed by atoms with Crippen molar-refractivity contribution >= 4 is 5.91 Å². The predicted octanol–water partition coefficient (Wildman–Crippen LogP) is 1.85. The van der Waals surface area contributed by atoms with Crippen LogP contribution in [0.25, 0.3) is 11.4 Å². The standard InChI is InChI=1S/C21H26N4O2/c1-14(22-2)20(27)25-12-10-21(11-13-25)9-8-16-17(21)23-18(24-19(16)26)15-6-4-3-5-7-15/h3-7,14,22H,8-13H2,1-2H3,(H,23,24,26)/t14-/m0/s1. The average Bonchev–Trinajstić information content (AvgIpc) is 3.06. The highest BCUT2D eigenvalue weighted by Gasteiger charge is 2.44. The minimum Gasteiger partial charge on any atom is -0.341 e. The van der Waals surface area contributed by atoms with Crippen LogP contribution in [0, 0.1) is 0 Å². The van der Waals surface area contributed by atoms with Gasteiger partial charge in [-0.1, -0.05) is 30.3 Å². The van der Waals surface area contributed by atoms with E-state index in [9.17, 15) is 9.59 Å².